The number of piperazine rings is 1. The summed E-state index contributed by atoms with van der Waals surface area (Å²) in [4.78, 5) is 36.0. The Kier molecular flexibility index (Phi) is 4.66. The molecular formula is C11H20N4O3. The second-order valence-corrected chi connectivity index (χ2v) is 4.68. The number of imide groups is 1. The highest BCUT2D eigenvalue weighted by Crippen LogP contribution is 2.17. The van der Waals surface area contributed by atoms with Gasteiger partial charge in [-0.05, 0) is 13.8 Å². The number of hydrogen-bond donors (Lipinski definition) is 3. The topological polar surface area (TPSA) is 90.5 Å². The maximum Gasteiger partial charge on any atom is 0.321 e. The lowest BCUT2D eigenvalue weighted by Crippen LogP contribution is -2.62. The van der Waals surface area contributed by atoms with E-state index in [0.717, 1.165) is 0 Å². The van der Waals surface area contributed by atoms with E-state index in [-0.39, 0.29) is 18.2 Å². The molecule has 1 rings (SSSR count). The van der Waals surface area contributed by atoms with Gasteiger partial charge in [-0.2, -0.15) is 0 Å². The van der Waals surface area contributed by atoms with E-state index in [4.69, 9.17) is 0 Å². The highest BCUT2D eigenvalue weighted by atomic mass is 16.2. The molecular weight excluding hydrogens is 236 g/mol. The molecule has 0 radical (unpaired) electrons. The number of nitrogens with one attached hydrogen (secondary N) is 3. The summed E-state index contributed by atoms with van der Waals surface area (Å²) in [7, 11) is 1.45. The molecule has 0 aliphatic carbocycles. The molecule has 0 aromatic rings. The lowest BCUT2D eigenvalue weighted by molar-refractivity contribution is -0.136. The van der Waals surface area contributed by atoms with Crippen LogP contribution in [0, 0.1) is 0 Å². The minimum absolute atomic E-state index is 0.0412. The van der Waals surface area contributed by atoms with E-state index in [1.54, 1.807) is 0 Å². The maximum absolute atomic E-state index is 11.7. The second kappa shape index (κ2) is 5.81. The van der Waals surface area contributed by atoms with Gasteiger partial charge in [-0.1, -0.05) is 0 Å². The number of hydrogen-bond acceptors (Lipinski definition) is 4. The molecule has 1 heterocycles. The summed E-state index contributed by atoms with van der Waals surface area (Å²) in [6.45, 7) is 5.37. The Bertz CT molecular complexity index is 354. The smallest absolute Gasteiger partial charge is 0.321 e. The molecule has 0 unspecified atom stereocenters. The molecule has 0 atom stereocenters. The van der Waals surface area contributed by atoms with Crippen LogP contribution >= 0.6 is 0 Å². The fourth-order valence-electron chi connectivity index (χ4n) is 1.82. The van der Waals surface area contributed by atoms with Gasteiger partial charge in [0.05, 0.1) is 5.54 Å². The zero-order chi connectivity index (χ0) is 13.8. The Morgan fingerprint density at radius 1 is 1.44 bits per heavy atom. The molecule has 1 aliphatic rings. The Morgan fingerprint density at radius 3 is 2.72 bits per heavy atom. The lowest BCUT2D eigenvalue weighted by atomic mass is 9.99. The van der Waals surface area contributed by atoms with E-state index in [0.29, 0.717) is 19.6 Å². The minimum atomic E-state index is -0.619. The van der Waals surface area contributed by atoms with Gasteiger partial charge in [-0.25, -0.2) is 4.79 Å². The van der Waals surface area contributed by atoms with Crippen molar-refractivity contribution in [3.05, 3.63) is 0 Å². The Balaban J connectivity index is 2.45. The zero-order valence-electron chi connectivity index (χ0n) is 11.0. The molecule has 102 valence electrons. The van der Waals surface area contributed by atoms with Crippen molar-refractivity contribution in [2.24, 2.45) is 0 Å². The van der Waals surface area contributed by atoms with E-state index < -0.39 is 11.6 Å². The van der Waals surface area contributed by atoms with E-state index in [1.165, 1.54) is 7.05 Å². The minimum Gasteiger partial charge on any atom is -0.353 e. The van der Waals surface area contributed by atoms with Crippen LogP contribution in [0.3, 0.4) is 0 Å². The molecule has 0 saturated carbocycles. The fourth-order valence-corrected chi connectivity index (χ4v) is 1.82. The van der Waals surface area contributed by atoms with Crippen LogP contribution in [0.25, 0.3) is 0 Å². The molecule has 3 N–H and O–H groups in total. The Hall–Kier alpha value is -1.63. The van der Waals surface area contributed by atoms with E-state index >= 15 is 0 Å². The summed E-state index contributed by atoms with van der Waals surface area (Å²) in [5, 5.41) is 7.29. The van der Waals surface area contributed by atoms with Crippen molar-refractivity contribution >= 4 is 17.8 Å². The quantitative estimate of drug-likeness (QED) is 0.607. The number of nitrogens with zero attached hydrogens (tertiary/aromatic N) is 1. The van der Waals surface area contributed by atoms with E-state index in [9.17, 15) is 14.4 Å². The highest BCUT2D eigenvalue weighted by molar-refractivity contribution is 5.94. The maximum atomic E-state index is 11.7. The largest absolute Gasteiger partial charge is 0.353 e. The Labute approximate surface area is 106 Å². The van der Waals surface area contributed by atoms with Crippen molar-refractivity contribution in [3.63, 3.8) is 0 Å². The second-order valence-electron chi connectivity index (χ2n) is 4.68. The summed E-state index contributed by atoms with van der Waals surface area (Å²) in [6.07, 6.45) is 0.185. The monoisotopic (exact) mass is 256 g/mol. The van der Waals surface area contributed by atoms with Crippen molar-refractivity contribution in [2.75, 3.05) is 26.7 Å². The molecule has 18 heavy (non-hydrogen) atoms. The number of carbonyl (C=O) groups is 3. The third-order valence-electron chi connectivity index (χ3n) is 3.10. The molecule has 4 amide bonds. The van der Waals surface area contributed by atoms with Gasteiger partial charge in [0.15, 0.2) is 0 Å². The SMILES string of the molecule is CNC(=O)NC(=O)CCN1CCNC(=O)C1(C)C. The van der Waals surface area contributed by atoms with Crippen molar-refractivity contribution in [1.29, 1.82) is 0 Å². The summed E-state index contributed by atoms with van der Waals surface area (Å²) in [6, 6.07) is -0.518. The molecule has 0 aromatic carbocycles. The van der Waals surface area contributed by atoms with E-state index in [2.05, 4.69) is 16.0 Å². The number of rotatable bonds is 3. The van der Waals surface area contributed by atoms with Gasteiger partial charge in [-0.3, -0.25) is 19.8 Å². The van der Waals surface area contributed by atoms with E-state index in [1.807, 2.05) is 18.7 Å². The summed E-state index contributed by atoms with van der Waals surface area (Å²) >= 11 is 0. The summed E-state index contributed by atoms with van der Waals surface area (Å²) in [5.41, 5.74) is -0.619. The molecule has 1 aliphatic heterocycles. The van der Waals surface area contributed by atoms with Crippen LogP contribution in [-0.2, 0) is 9.59 Å². The van der Waals surface area contributed by atoms with Crippen LogP contribution in [0.1, 0.15) is 20.3 Å². The summed E-state index contributed by atoms with van der Waals surface area (Å²) < 4.78 is 0. The zero-order valence-corrected chi connectivity index (χ0v) is 11.0. The van der Waals surface area contributed by atoms with Crippen LogP contribution in [0.4, 0.5) is 4.79 Å². The predicted molar refractivity (Wildman–Crippen MR) is 65.9 cm³/mol. The average molecular weight is 256 g/mol. The molecule has 0 aromatic heterocycles. The number of urea groups is 1. The number of carbonyl (C=O) groups excluding carboxylic acids is 3. The fraction of sp³-hybridized carbons (Fsp3) is 0.727. The predicted octanol–water partition coefficient (Wildman–Crippen LogP) is -0.957. The molecule has 1 fully saturated rings. The van der Waals surface area contributed by atoms with Crippen LogP contribution in [0.15, 0.2) is 0 Å². The van der Waals surface area contributed by atoms with Gasteiger partial charge < -0.3 is 10.6 Å². The van der Waals surface area contributed by atoms with Gasteiger partial charge in [-0.15, -0.1) is 0 Å². The standard InChI is InChI=1S/C11H20N4O3/c1-11(2)9(17)13-5-7-15(11)6-4-8(16)14-10(18)12-3/h4-7H2,1-3H3,(H,13,17)(H2,12,14,16,18). The van der Waals surface area contributed by atoms with Gasteiger partial charge in [0, 0.05) is 33.1 Å². The third kappa shape index (κ3) is 3.43. The van der Waals surface area contributed by atoms with Gasteiger partial charge >= 0.3 is 6.03 Å². The summed E-state index contributed by atoms with van der Waals surface area (Å²) in [5.74, 6) is -0.392. The first-order chi connectivity index (χ1) is 8.37. The van der Waals surface area contributed by atoms with Gasteiger partial charge in [0.1, 0.15) is 0 Å². The molecule has 7 heteroatoms. The highest BCUT2D eigenvalue weighted by Gasteiger charge is 2.37. The lowest BCUT2D eigenvalue weighted by Gasteiger charge is -2.41. The van der Waals surface area contributed by atoms with Crippen LogP contribution in [0.5, 0.6) is 0 Å². The van der Waals surface area contributed by atoms with Gasteiger partial charge in [0.25, 0.3) is 0 Å². The molecule has 0 spiro atoms. The van der Waals surface area contributed by atoms with Crippen LogP contribution in [-0.4, -0.2) is 55.0 Å². The molecule has 7 nitrogen and oxygen atoms in total. The third-order valence-corrected chi connectivity index (χ3v) is 3.10. The van der Waals surface area contributed by atoms with Crippen molar-refractivity contribution in [3.8, 4) is 0 Å². The first kappa shape index (κ1) is 14.4. The molecule has 1 saturated heterocycles. The number of amides is 4. The van der Waals surface area contributed by atoms with Crippen molar-refractivity contribution < 1.29 is 14.4 Å². The van der Waals surface area contributed by atoms with Crippen LogP contribution < -0.4 is 16.0 Å². The van der Waals surface area contributed by atoms with Crippen molar-refractivity contribution in [2.45, 2.75) is 25.8 Å². The average Bonchev–Trinajstić information content (AvgIpc) is 2.31. The van der Waals surface area contributed by atoms with Gasteiger partial charge in [0.2, 0.25) is 11.8 Å². The normalized spacial score (nSPS) is 18.9. The first-order valence-corrected chi connectivity index (χ1v) is 5.93. The Morgan fingerprint density at radius 2 is 2.11 bits per heavy atom. The van der Waals surface area contributed by atoms with Crippen LogP contribution in [0.2, 0.25) is 0 Å². The molecule has 0 bridgehead atoms. The first-order valence-electron chi connectivity index (χ1n) is 5.93. The van der Waals surface area contributed by atoms with Crippen molar-refractivity contribution in [1.82, 2.24) is 20.9 Å².